The van der Waals surface area contributed by atoms with Crippen LogP contribution in [0.1, 0.15) is 72.6 Å². The van der Waals surface area contributed by atoms with Gasteiger partial charge in [0, 0.05) is 11.1 Å². The highest BCUT2D eigenvalue weighted by Gasteiger charge is 2.38. The second-order valence-electron chi connectivity index (χ2n) is 6.84. The Morgan fingerprint density at radius 3 is 1.42 bits per heavy atom. The Balaban J connectivity index is 0.000000362. The maximum absolute atomic E-state index is 6.02. The summed E-state index contributed by atoms with van der Waals surface area (Å²) in [5.74, 6) is 6.02. The number of piperidine rings is 1. The molecule has 0 spiro atoms. The second-order valence-corrected chi connectivity index (χ2v) is 6.84. The van der Waals surface area contributed by atoms with E-state index in [1.54, 1.807) is 0 Å². The van der Waals surface area contributed by atoms with Crippen LogP contribution in [-0.2, 0) is 0 Å². The number of hydrogen-bond acceptors (Lipinski definition) is 4. The van der Waals surface area contributed by atoms with Crippen LogP contribution in [-0.4, -0.2) is 29.2 Å². The lowest BCUT2D eigenvalue weighted by Gasteiger charge is -2.50. The van der Waals surface area contributed by atoms with Crippen LogP contribution in [0, 0.1) is 0 Å². The molecule has 0 aromatic heterocycles. The lowest BCUT2D eigenvalue weighted by Crippen LogP contribution is -2.62. The lowest BCUT2D eigenvalue weighted by atomic mass is 9.82. The summed E-state index contributed by atoms with van der Waals surface area (Å²) in [7, 11) is 0. The van der Waals surface area contributed by atoms with Crippen molar-refractivity contribution in [1.29, 1.82) is 0 Å². The highest BCUT2D eigenvalue weighted by Crippen LogP contribution is 2.34. The predicted octanol–water partition coefficient (Wildman–Crippen LogP) is 2.37. The molecular formula is C15H36N4. The van der Waals surface area contributed by atoms with Gasteiger partial charge in [-0.25, -0.2) is 5.01 Å². The van der Waals surface area contributed by atoms with Gasteiger partial charge in [-0.15, -0.1) is 0 Å². The van der Waals surface area contributed by atoms with Crippen LogP contribution in [0.3, 0.4) is 0 Å². The molecule has 4 nitrogen and oxygen atoms in total. The minimum Gasteiger partial charge on any atom is -0.330 e. The van der Waals surface area contributed by atoms with Gasteiger partial charge in [-0.3, -0.25) is 5.84 Å². The van der Waals surface area contributed by atoms with Gasteiger partial charge < -0.3 is 11.5 Å². The van der Waals surface area contributed by atoms with E-state index in [4.69, 9.17) is 17.3 Å². The molecule has 0 radical (unpaired) electrons. The van der Waals surface area contributed by atoms with Crippen LogP contribution in [0.25, 0.3) is 0 Å². The molecule has 116 valence electrons. The van der Waals surface area contributed by atoms with E-state index < -0.39 is 0 Å². The Morgan fingerprint density at radius 2 is 1.16 bits per heavy atom. The van der Waals surface area contributed by atoms with Crippen LogP contribution in [0.15, 0.2) is 0 Å². The van der Waals surface area contributed by atoms with Gasteiger partial charge in [0.2, 0.25) is 0 Å². The third-order valence-corrected chi connectivity index (χ3v) is 4.04. The van der Waals surface area contributed by atoms with Gasteiger partial charge in [-0.1, -0.05) is 12.8 Å². The zero-order valence-electron chi connectivity index (χ0n) is 13.5. The summed E-state index contributed by atoms with van der Waals surface area (Å²) < 4.78 is 0. The first-order chi connectivity index (χ1) is 8.78. The molecule has 6 N–H and O–H groups in total. The standard InChI is InChI=1S/C9H20N2.C6H16N2/c1-8(2)6-5-7-9(3,4)11(8)10;7-5-3-1-2-4-6-8/h5-7,10H2,1-4H3;1-8H2. The molecule has 0 saturated carbocycles. The minimum atomic E-state index is 0.182. The second kappa shape index (κ2) is 8.90. The van der Waals surface area contributed by atoms with Crippen molar-refractivity contribution in [2.24, 2.45) is 17.3 Å². The molecule has 1 aliphatic rings. The van der Waals surface area contributed by atoms with Crippen molar-refractivity contribution >= 4 is 0 Å². The summed E-state index contributed by atoms with van der Waals surface area (Å²) >= 11 is 0. The number of hydrazine groups is 1. The Morgan fingerprint density at radius 1 is 0.789 bits per heavy atom. The smallest absolute Gasteiger partial charge is 0.0301 e. The summed E-state index contributed by atoms with van der Waals surface area (Å²) in [6, 6.07) is 0. The maximum Gasteiger partial charge on any atom is 0.0301 e. The van der Waals surface area contributed by atoms with E-state index in [-0.39, 0.29) is 11.1 Å². The van der Waals surface area contributed by atoms with Gasteiger partial charge in [0.05, 0.1) is 0 Å². The molecule has 0 atom stereocenters. The SMILES string of the molecule is CC1(C)CCCC(C)(C)N1N.NCCCCCCN. The van der Waals surface area contributed by atoms with Gasteiger partial charge in [0.25, 0.3) is 0 Å². The summed E-state index contributed by atoms with van der Waals surface area (Å²) in [4.78, 5) is 0. The van der Waals surface area contributed by atoms with E-state index in [9.17, 15) is 0 Å². The topological polar surface area (TPSA) is 81.3 Å². The number of nitrogens with zero attached hydrogens (tertiary/aromatic N) is 1. The molecule has 1 saturated heterocycles. The summed E-state index contributed by atoms with van der Waals surface area (Å²) in [6.07, 6.45) is 8.52. The zero-order valence-corrected chi connectivity index (χ0v) is 13.5. The first-order valence-corrected chi connectivity index (χ1v) is 7.73. The van der Waals surface area contributed by atoms with Crippen molar-refractivity contribution in [3.63, 3.8) is 0 Å². The average molecular weight is 272 g/mol. The van der Waals surface area contributed by atoms with Crippen molar-refractivity contribution < 1.29 is 0 Å². The fourth-order valence-electron chi connectivity index (χ4n) is 2.66. The Bertz CT molecular complexity index is 204. The third-order valence-electron chi connectivity index (χ3n) is 4.04. The molecule has 1 aliphatic heterocycles. The molecule has 1 heterocycles. The van der Waals surface area contributed by atoms with Gasteiger partial charge in [0.1, 0.15) is 0 Å². The maximum atomic E-state index is 6.02. The monoisotopic (exact) mass is 272 g/mol. The van der Waals surface area contributed by atoms with Crippen molar-refractivity contribution in [2.45, 2.75) is 83.7 Å². The minimum absolute atomic E-state index is 0.182. The van der Waals surface area contributed by atoms with Crippen molar-refractivity contribution in [2.75, 3.05) is 13.1 Å². The molecule has 19 heavy (non-hydrogen) atoms. The van der Waals surface area contributed by atoms with Crippen molar-refractivity contribution in [3.05, 3.63) is 0 Å². The molecular weight excluding hydrogens is 236 g/mol. The van der Waals surface area contributed by atoms with Gasteiger partial charge in [0.15, 0.2) is 0 Å². The predicted molar refractivity (Wildman–Crippen MR) is 84.6 cm³/mol. The van der Waals surface area contributed by atoms with E-state index in [1.807, 2.05) is 5.01 Å². The highest BCUT2D eigenvalue weighted by molar-refractivity contribution is 4.93. The molecule has 1 fully saturated rings. The molecule has 0 bridgehead atoms. The van der Waals surface area contributed by atoms with E-state index in [0.29, 0.717) is 0 Å². The quantitative estimate of drug-likeness (QED) is 0.530. The summed E-state index contributed by atoms with van der Waals surface area (Å²) in [5.41, 5.74) is 10.9. The largest absolute Gasteiger partial charge is 0.330 e. The van der Waals surface area contributed by atoms with Crippen LogP contribution in [0.5, 0.6) is 0 Å². The lowest BCUT2D eigenvalue weighted by molar-refractivity contribution is -0.0278. The highest BCUT2D eigenvalue weighted by atomic mass is 15.5. The van der Waals surface area contributed by atoms with Crippen LogP contribution < -0.4 is 17.3 Å². The summed E-state index contributed by atoms with van der Waals surface area (Å²) in [6.45, 7) is 10.5. The van der Waals surface area contributed by atoms with Gasteiger partial charge >= 0.3 is 0 Å². The zero-order chi connectivity index (χ0) is 14.9. The van der Waals surface area contributed by atoms with Crippen LogP contribution >= 0.6 is 0 Å². The summed E-state index contributed by atoms with van der Waals surface area (Å²) in [5, 5.41) is 2.02. The van der Waals surface area contributed by atoms with Gasteiger partial charge in [-0.2, -0.15) is 0 Å². The fourth-order valence-corrected chi connectivity index (χ4v) is 2.66. The number of unbranched alkanes of at least 4 members (excludes halogenated alkanes) is 3. The first-order valence-electron chi connectivity index (χ1n) is 7.73. The Kier molecular flexibility index (Phi) is 8.83. The number of rotatable bonds is 5. The number of nitrogens with two attached hydrogens (primary N) is 3. The molecule has 0 aromatic carbocycles. The molecule has 0 aliphatic carbocycles. The first kappa shape index (κ1) is 18.8. The Labute approximate surface area is 120 Å². The molecule has 0 unspecified atom stereocenters. The fraction of sp³-hybridized carbons (Fsp3) is 1.00. The molecule has 4 heteroatoms. The Hall–Kier alpha value is -0.160. The van der Waals surface area contributed by atoms with E-state index in [1.165, 1.54) is 32.1 Å². The van der Waals surface area contributed by atoms with Crippen molar-refractivity contribution in [1.82, 2.24) is 5.01 Å². The van der Waals surface area contributed by atoms with Crippen LogP contribution in [0.4, 0.5) is 0 Å². The van der Waals surface area contributed by atoms with Crippen LogP contribution in [0.2, 0.25) is 0 Å². The van der Waals surface area contributed by atoms with E-state index >= 15 is 0 Å². The number of hydrogen-bond donors (Lipinski definition) is 3. The molecule has 0 amide bonds. The van der Waals surface area contributed by atoms with Gasteiger partial charge in [-0.05, 0) is 72.9 Å². The normalized spacial score (nSPS) is 21.6. The average Bonchev–Trinajstić information content (AvgIpc) is 2.32. The molecule has 1 rings (SSSR count). The van der Waals surface area contributed by atoms with E-state index in [2.05, 4.69) is 27.7 Å². The van der Waals surface area contributed by atoms with E-state index in [0.717, 1.165) is 25.9 Å². The van der Waals surface area contributed by atoms with Crippen molar-refractivity contribution in [3.8, 4) is 0 Å². The molecule has 0 aromatic rings. The third kappa shape index (κ3) is 7.25.